The molecule has 2 unspecified atom stereocenters. The number of anilines is 1. The van der Waals surface area contributed by atoms with Crippen molar-refractivity contribution in [1.29, 1.82) is 0 Å². The number of amides is 1. The summed E-state index contributed by atoms with van der Waals surface area (Å²) in [6.07, 6.45) is 1.65. The maximum absolute atomic E-state index is 11.8. The number of rotatable bonds is 6. The van der Waals surface area contributed by atoms with E-state index in [1.165, 1.54) is 0 Å². The number of nitrogens with one attached hydrogen (secondary N) is 1. The molecule has 0 aromatic carbocycles. The maximum Gasteiger partial charge on any atom is 0.239 e. The zero-order valence-electron chi connectivity index (χ0n) is 11.4. The first-order chi connectivity index (χ1) is 8.88. The van der Waals surface area contributed by atoms with Crippen LogP contribution in [0.4, 0.5) is 5.82 Å². The largest absolute Gasteiger partial charge is 0.393 e. The Labute approximate surface area is 118 Å². The molecule has 0 aliphatic rings. The third-order valence-electron chi connectivity index (χ3n) is 2.59. The van der Waals surface area contributed by atoms with Crippen molar-refractivity contribution in [2.75, 3.05) is 18.5 Å². The number of hydrogen-bond acceptors (Lipinski definition) is 4. The number of carbonyl (C=O) groups excluding carboxylic acids is 1. The van der Waals surface area contributed by atoms with Crippen molar-refractivity contribution in [2.24, 2.45) is 0 Å². The molecule has 2 N–H and O–H groups in total. The molecule has 0 radical (unpaired) electrons. The first-order valence-corrected chi connectivity index (χ1v) is 6.56. The second-order valence-corrected chi connectivity index (χ2v) is 5.18. The van der Waals surface area contributed by atoms with Crippen LogP contribution >= 0.6 is 11.6 Å². The maximum atomic E-state index is 11.8. The van der Waals surface area contributed by atoms with Crippen LogP contribution < -0.4 is 10.2 Å². The molecule has 19 heavy (non-hydrogen) atoms. The monoisotopic (exact) mass is 285 g/mol. The standard InChI is InChI=1S/C13H20ClN3O2/c1-9(6-10(2)18)16-13(19)8-17(3)12-5-4-11(14)7-15-12/h4-5,7,9-10,18H,6,8H2,1-3H3,(H,16,19). The summed E-state index contributed by atoms with van der Waals surface area (Å²) in [6.45, 7) is 3.77. The molecule has 1 rings (SSSR count). The van der Waals surface area contributed by atoms with E-state index in [0.29, 0.717) is 17.3 Å². The normalized spacial score (nSPS) is 13.7. The number of nitrogens with zero attached hydrogens (tertiary/aromatic N) is 2. The Hall–Kier alpha value is -1.33. The molecule has 106 valence electrons. The fraction of sp³-hybridized carbons (Fsp3) is 0.538. The van der Waals surface area contributed by atoms with E-state index in [-0.39, 0.29) is 18.5 Å². The van der Waals surface area contributed by atoms with Gasteiger partial charge in [0.25, 0.3) is 0 Å². The second-order valence-electron chi connectivity index (χ2n) is 4.74. The zero-order chi connectivity index (χ0) is 14.4. The Balaban J connectivity index is 2.45. The summed E-state index contributed by atoms with van der Waals surface area (Å²) in [5, 5.41) is 12.6. The minimum atomic E-state index is -0.425. The Bertz CT molecular complexity index is 409. The summed E-state index contributed by atoms with van der Waals surface area (Å²) in [4.78, 5) is 17.7. The van der Waals surface area contributed by atoms with Gasteiger partial charge in [-0.25, -0.2) is 4.98 Å². The minimum Gasteiger partial charge on any atom is -0.393 e. The molecule has 5 nitrogen and oxygen atoms in total. The van der Waals surface area contributed by atoms with E-state index in [4.69, 9.17) is 11.6 Å². The van der Waals surface area contributed by atoms with Gasteiger partial charge in [0.2, 0.25) is 5.91 Å². The smallest absolute Gasteiger partial charge is 0.239 e. The number of carbonyl (C=O) groups is 1. The Morgan fingerprint density at radius 1 is 1.53 bits per heavy atom. The molecule has 1 aromatic heterocycles. The van der Waals surface area contributed by atoms with E-state index in [0.717, 1.165) is 0 Å². The molecular weight excluding hydrogens is 266 g/mol. The molecule has 0 spiro atoms. The van der Waals surface area contributed by atoms with Crippen LogP contribution in [0.15, 0.2) is 18.3 Å². The molecule has 0 saturated carbocycles. The van der Waals surface area contributed by atoms with Crippen molar-refractivity contribution in [2.45, 2.75) is 32.4 Å². The van der Waals surface area contributed by atoms with E-state index in [1.54, 1.807) is 37.2 Å². The van der Waals surface area contributed by atoms with Gasteiger partial charge in [-0.2, -0.15) is 0 Å². The average molecular weight is 286 g/mol. The fourth-order valence-electron chi connectivity index (χ4n) is 1.78. The molecule has 6 heteroatoms. The molecule has 1 amide bonds. The number of likely N-dealkylation sites (N-methyl/N-ethyl adjacent to an activating group) is 1. The lowest BCUT2D eigenvalue weighted by atomic mass is 10.1. The molecule has 0 bridgehead atoms. The Morgan fingerprint density at radius 3 is 2.74 bits per heavy atom. The van der Waals surface area contributed by atoms with Crippen molar-refractivity contribution in [3.63, 3.8) is 0 Å². The third-order valence-corrected chi connectivity index (χ3v) is 2.81. The van der Waals surface area contributed by atoms with E-state index in [9.17, 15) is 9.90 Å². The average Bonchev–Trinajstić information content (AvgIpc) is 2.27. The van der Waals surface area contributed by atoms with Crippen LogP contribution in [-0.4, -0.2) is 41.7 Å². The number of halogens is 1. The van der Waals surface area contributed by atoms with E-state index in [2.05, 4.69) is 10.3 Å². The van der Waals surface area contributed by atoms with Crippen molar-refractivity contribution in [3.8, 4) is 0 Å². The topological polar surface area (TPSA) is 65.5 Å². The van der Waals surface area contributed by atoms with Gasteiger partial charge in [-0.1, -0.05) is 11.6 Å². The molecule has 0 aliphatic heterocycles. The van der Waals surface area contributed by atoms with Crippen LogP contribution in [0.3, 0.4) is 0 Å². The van der Waals surface area contributed by atoms with Gasteiger partial charge in [-0.3, -0.25) is 4.79 Å². The lowest BCUT2D eigenvalue weighted by Crippen LogP contribution is -2.41. The number of aromatic nitrogens is 1. The molecule has 0 aliphatic carbocycles. The highest BCUT2D eigenvalue weighted by Crippen LogP contribution is 2.12. The van der Waals surface area contributed by atoms with Gasteiger partial charge in [0, 0.05) is 19.3 Å². The summed E-state index contributed by atoms with van der Waals surface area (Å²) < 4.78 is 0. The first-order valence-electron chi connectivity index (χ1n) is 6.18. The van der Waals surface area contributed by atoms with Gasteiger partial charge in [-0.05, 0) is 32.4 Å². The molecule has 1 heterocycles. The first kappa shape index (κ1) is 15.7. The molecule has 0 saturated heterocycles. The van der Waals surface area contributed by atoms with E-state index < -0.39 is 6.10 Å². The van der Waals surface area contributed by atoms with Crippen LogP contribution in [0.25, 0.3) is 0 Å². The van der Waals surface area contributed by atoms with Crippen LogP contribution in [-0.2, 0) is 4.79 Å². The Morgan fingerprint density at radius 2 is 2.21 bits per heavy atom. The zero-order valence-corrected chi connectivity index (χ0v) is 12.2. The second kappa shape index (κ2) is 7.31. The van der Waals surface area contributed by atoms with Gasteiger partial charge >= 0.3 is 0 Å². The van der Waals surface area contributed by atoms with Crippen LogP contribution in [0, 0.1) is 0 Å². The molecule has 0 fully saturated rings. The van der Waals surface area contributed by atoms with Crippen LogP contribution in [0.2, 0.25) is 5.02 Å². The van der Waals surface area contributed by atoms with Gasteiger partial charge in [0.15, 0.2) is 0 Å². The molecule has 1 aromatic rings. The van der Waals surface area contributed by atoms with E-state index >= 15 is 0 Å². The molecule has 2 atom stereocenters. The SMILES string of the molecule is CC(O)CC(C)NC(=O)CN(C)c1ccc(Cl)cn1. The lowest BCUT2D eigenvalue weighted by Gasteiger charge is -2.20. The summed E-state index contributed by atoms with van der Waals surface area (Å²) in [5.74, 6) is 0.579. The van der Waals surface area contributed by atoms with Crippen LogP contribution in [0.5, 0.6) is 0 Å². The highest BCUT2D eigenvalue weighted by Gasteiger charge is 2.12. The van der Waals surface area contributed by atoms with Crippen molar-refractivity contribution in [3.05, 3.63) is 23.4 Å². The summed E-state index contributed by atoms with van der Waals surface area (Å²) in [5.41, 5.74) is 0. The molecular formula is C13H20ClN3O2. The summed E-state index contributed by atoms with van der Waals surface area (Å²) in [6, 6.07) is 3.43. The summed E-state index contributed by atoms with van der Waals surface area (Å²) in [7, 11) is 1.79. The number of pyridine rings is 1. The van der Waals surface area contributed by atoms with Gasteiger partial charge < -0.3 is 15.3 Å². The van der Waals surface area contributed by atoms with Gasteiger partial charge in [-0.15, -0.1) is 0 Å². The highest BCUT2D eigenvalue weighted by atomic mass is 35.5. The van der Waals surface area contributed by atoms with Crippen molar-refractivity contribution < 1.29 is 9.90 Å². The van der Waals surface area contributed by atoms with Gasteiger partial charge in [0.1, 0.15) is 5.82 Å². The third kappa shape index (κ3) is 5.89. The Kier molecular flexibility index (Phi) is 6.05. The van der Waals surface area contributed by atoms with Gasteiger partial charge in [0.05, 0.1) is 17.7 Å². The van der Waals surface area contributed by atoms with E-state index in [1.807, 2.05) is 6.92 Å². The van der Waals surface area contributed by atoms with Crippen LogP contribution in [0.1, 0.15) is 20.3 Å². The summed E-state index contributed by atoms with van der Waals surface area (Å²) >= 11 is 5.76. The predicted octanol–water partition coefficient (Wildman–Crippen LogP) is 1.45. The fourth-order valence-corrected chi connectivity index (χ4v) is 1.89. The quantitative estimate of drug-likeness (QED) is 0.830. The lowest BCUT2D eigenvalue weighted by molar-refractivity contribution is -0.120. The number of aliphatic hydroxyl groups excluding tert-OH is 1. The van der Waals surface area contributed by atoms with Crippen molar-refractivity contribution >= 4 is 23.3 Å². The number of hydrogen-bond donors (Lipinski definition) is 2. The van der Waals surface area contributed by atoms with Crippen molar-refractivity contribution in [1.82, 2.24) is 10.3 Å². The minimum absolute atomic E-state index is 0.0564. The number of aliphatic hydroxyl groups is 1. The highest BCUT2D eigenvalue weighted by molar-refractivity contribution is 6.30. The predicted molar refractivity (Wildman–Crippen MR) is 76.4 cm³/mol.